The molecule has 0 saturated carbocycles. The summed E-state index contributed by atoms with van der Waals surface area (Å²) in [5.41, 5.74) is 2.96. The number of hydrogen-bond acceptors (Lipinski definition) is 5. The highest BCUT2D eigenvalue weighted by Gasteiger charge is 2.17. The summed E-state index contributed by atoms with van der Waals surface area (Å²) in [4.78, 5) is 18.0. The van der Waals surface area contributed by atoms with Gasteiger partial charge in [-0.3, -0.25) is 4.79 Å². The van der Waals surface area contributed by atoms with Gasteiger partial charge in [-0.15, -0.1) is 0 Å². The molecule has 0 bridgehead atoms. The van der Waals surface area contributed by atoms with E-state index in [1.165, 1.54) is 0 Å². The number of aromatic nitrogens is 1. The molecule has 1 aliphatic rings. The van der Waals surface area contributed by atoms with Gasteiger partial charge in [-0.2, -0.15) is 0 Å². The number of carbonyl (C=O) groups excluding carboxylic acids is 1. The number of benzene rings is 1. The van der Waals surface area contributed by atoms with Gasteiger partial charge in [-0.1, -0.05) is 12.1 Å². The minimum Gasteiger partial charge on any atom is -0.482 e. The Morgan fingerprint density at radius 2 is 2.20 bits per heavy atom. The van der Waals surface area contributed by atoms with Gasteiger partial charge in [0.1, 0.15) is 11.6 Å². The van der Waals surface area contributed by atoms with E-state index in [-0.39, 0.29) is 18.6 Å². The number of amides is 1. The summed E-state index contributed by atoms with van der Waals surface area (Å²) in [5.74, 6) is 1.58. The van der Waals surface area contributed by atoms with Crippen molar-refractivity contribution < 1.29 is 9.53 Å². The van der Waals surface area contributed by atoms with Gasteiger partial charge in [-0.25, -0.2) is 4.98 Å². The lowest BCUT2D eigenvalue weighted by molar-refractivity contribution is -0.118. The first kappa shape index (κ1) is 17.2. The lowest BCUT2D eigenvalue weighted by atomic mass is 10.1. The summed E-state index contributed by atoms with van der Waals surface area (Å²) < 4.78 is 5.39. The standard InChI is InChI=1S/C19H24N4O2/c1-4-23(3)18-8-5-14(11-21-18)10-20-13(2)15-6-7-17-16(9-15)22-19(24)12-25-17/h5-9,11,13,20H,4,10,12H2,1-3H3,(H,22,24)/t13-/m1/s1. The molecule has 0 aliphatic carbocycles. The second-order valence-corrected chi connectivity index (χ2v) is 6.23. The van der Waals surface area contributed by atoms with Crippen LogP contribution in [0.1, 0.15) is 31.0 Å². The Labute approximate surface area is 148 Å². The topological polar surface area (TPSA) is 66.5 Å². The third kappa shape index (κ3) is 4.09. The van der Waals surface area contributed by atoms with Crippen molar-refractivity contribution in [3.8, 4) is 5.75 Å². The van der Waals surface area contributed by atoms with Crippen molar-refractivity contribution in [2.24, 2.45) is 0 Å². The molecule has 2 aromatic rings. The Kier molecular flexibility index (Phi) is 5.19. The van der Waals surface area contributed by atoms with E-state index in [2.05, 4.69) is 40.4 Å². The maximum Gasteiger partial charge on any atom is 0.262 e. The van der Waals surface area contributed by atoms with E-state index in [0.29, 0.717) is 0 Å². The molecule has 0 fully saturated rings. The molecule has 1 aliphatic heterocycles. The lowest BCUT2D eigenvalue weighted by Crippen LogP contribution is -2.26. The van der Waals surface area contributed by atoms with Crippen molar-refractivity contribution >= 4 is 17.4 Å². The summed E-state index contributed by atoms with van der Waals surface area (Å²) in [6.45, 7) is 5.94. The molecule has 0 saturated heterocycles. The Balaban J connectivity index is 1.62. The quantitative estimate of drug-likeness (QED) is 0.846. The molecule has 0 radical (unpaired) electrons. The zero-order chi connectivity index (χ0) is 17.8. The van der Waals surface area contributed by atoms with E-state index in [1.807, 2.05) is 37.5 Å². The monoisotopic (exact) mass is 340 g/mol. The van der Waals surface area contributed by atoms with Crippen molar-refractivity contribution in [2.75, 3.05) is 30.4 Å². The molecule has 25 heavy (non-hydrogen) atoms. The van der Waals surface area contributed by atoms with Crippen molar-refractivity contribution in [3.63, 3.8) is 0 Å². The van der Waals surface area contributed by atoms with Crippen LogP contribution < -0.4 is 20.3 Å². The average molecular weight is 340 g/mol. The zero-order valence-electron chi connectivity index (χ0n) is 14.9. The van der Waals surface area contributed by atoms with Crippen LogP contribution in [0.15, 0.2) is 36.5 Å². The van der Waals surface area contributed by atoms with Gasteiger partial charge >= 0.3 is 0 Å². The predicted molar refractivity (Wildman–Crippen MR) is 99.0 cm³/mol. The third-order valence-electron chi connectivity index (χ3n) is 4.42. The van der Waals surface area contributed by atoms with E-state index >= 15 is 0 Å². The molecule has 6 nitrogen and oxygen atoms in total. The van der Waals surface area contributed by atoms with Crippen molar-refractivity contribution in [2.45, 2.75) is 26.4 Å². The largest absolute Gasteiger partial charge is 0.482 e. The number of hydrogen-bond donors (Lipinski definition) is 2. The molecule has 2 heterocycles. The maximum atomic E-state index is 11.5. The van der Waals surface area contributed by atoms with Crippen LogP contribution in [0.2, 0.25) is 0 Å². The van der Waals surface area contributed by atoms with E-state index < -0.39 is 0 Å². The molecule has 3 rings (SSSR count). The first-order valence-corrected chi connectivity index (χ1v) is 8.53. The number of anilines is 2. The number of nitrogens with one attached hydrogen (secondary N) is 2. The number of rotatable bonds is 6. The summed E-state index contributed by atoms with van der Waals surface area (Å²) in [6.07, 6.45) is 1.90. The molecular weight excluding hydrogens is 316 g/mol. The molecular formula is C19H24N4O2. The number of ether oxygens (including phenoxy) is 1. The highest BCUT2D eigenvalue weighted by atomic mass is 16.5. The maximum absolute atomic E-state index is 11.5. The summed E-state index contributed by atoms with van der Waals surface area (Å²) in [6, 6.07) is 10.2. The highest BCUT2D eigenvalue weighted by molar-refractivity contribution is 5.95. The van der Waals surface area contributed by atoms with Crippen LogP contribution in [0.25, 0.3) is 0 Å². The van der Waals surface area contributed by atoms with E-state index in [9.17, 15) is 4.79 Å². The molecule has 1 aromatic carbocycles. The molecule has 6 heteroatoms. The Morgan fingerprint density at radius 3 is 2.92 bits per heavy atom. The first-order chi connectivity index (χ1) is 12.1. The van der Waals surface area contributed by atoms with Gasteiger partial charge in [0.05, 0.1) is 5.69 Å². The van der Waals surface area contributed by atoms with E-state index in [1.54, 1.807) is 0 Å². The normalized spacial score (nSPS) is 14.3. The molecule has 2 N–H and O–H groups in total. The zero-order valence-corrected chi connectivity index (χ0v) is 14.9. The smallest absolute Gasteiger partial charge is 0.262 e. The van der Waals surface area contributed by atoms with Crippen LogP contribution in [0.5, 0.6) is 5.75 Å². The van der Waals surface area contributed by atoms with Crippen LogP contribution in [0.4, 0.5) is 11.5 Å². The molecule has 0 spiro atoms. The third-order valence-corrected chi connectivity index (χ3v) is 4.42. The SMILES string of the molecule is CCN(C)c1ccc(CN[C@H](C)c2ccc3c(c2)NC(=O)CO3)cn1. The Bertz CT molecular complexity index is 746. The minimum atomic E-state index is -0.117. The number of carbonyl (C=O) groups is 1. The Morgan fingerprint density at radius 1 is 1.36 bits per heavy atom. The van der Waals surface area contributed by atoms with Crippen LogP contribution in [-0.4, -0.2) is 31.1 Å². The fourth-order valence-electron chi connectivity index (χ4n) is 2.67. The summed E-state index contributed by atoms with van der Waals surface area (Å²) >= 11 is 0. The fourth-order valence-corrected chi connectivity index (χ4v) is 2.67. The van der Waals surface area contributed by atoms with E-state index in [0.717, 1.165) is 41.5 Å². The minimum absolute atomic E-state index is 0.0797. The van der Waals surface area contributed by atoms with Gasteiger partial charge < -0.3 is 20.3 Å². The number of pyridine rings is 1. The second-order valence-electron chi connectivity index (χ2n) is 6.23. The molecule has 1 atom stereocenters. The van der Waals surface area contributed by atoms with Crippen molar-refractivity contribution in [3.05, 3.63) is 47.7 Å². The number of fused-ring (bicyclic) bond motifs is 1. The van der Waals surface area contributed by atoms with Gasteiger partial charge in [0.15, 0.2) is 6.61 Å². The lowest BCUT2D eigenvalue weighted by Gasteiger charge is -2.21. The highest BCUT2D eigenvalue weighted by Crippen LogP contribution is 2.30. The van der Waals surface area contributed by atoms with Gasteiger partial charge in [0.2, 0.25) is 0 Å². The van der Waals surface area contributed by atoms with Crippen LogP contribution >= 0.6 is 0 Å². The fraction of sp³-hybridized carbons (Fsp3) is 0.368. The van der Waals surface area contributed by atoms with Gasteiger partial charge in [0, 0.05) is 32.4 Å². The second kappa shape index (κ2) is 7.53. The summed E-state index contributed by atoms with van der Waals surface area (Å²) in [5, 5.41) is 6.33. The van der Waals surface area contributed by atoms with Crippen LogP contribution in [0, 0.1) is 0 Å². The number of nitrogens with zero attached hydrogens (tertiary/aromatic N) is 2. The van der Waals surface area contributed by atoms with Gasteiger partial charge in [0.25, 0.3) is 5.91 Å². The van der Waals surface area contributed by atoms with Crippen molar-refractivity contribution in [1.29, 1.82) is 0 Å². The first-order valence-electron chi connectivity index (χ1n) is 8.53. The Hall–Kier alpha value is -2.60. The summed E-state index contributed by atoms with van der Waals surface area (Å²) in [7, 11) is 2.03. The molecule has 0 unspecified atom stereocenters. The average Bonchev–Trinajstić information content (AvgIpc) is 2.65. The van der Waals surface area contributed by atoms with Crippen LogP contribution in [0.3, 0.4) is 0 Å². The van der Waals surface area contributed by atoms with Gasteiger partial charge in [-0.05, 0) is 43.2 Å². The van der Waals surface area contributed by atoms with E-state index in [4.69, 9.17) is 4.74 Å². The molecule has 1 aromatic heterocycles. The predicted octanol–water partition coefficient (Wildman–Crippen LogP) is 2.72. The molecule has 1 amide bonds. The van der Waals surface area contributed by atoms with Crippen molar-refractivity contribution in [1.82, 2.24) is 10.3 Å². The van der Waals surface area contributed by atoms with Crippen LogP contribution in [-0.2, 0) is 11.3 Å². The molecule has 132 valence electrons.